The molecular formula is C13H14ClN3OS. The number of rotatable bonds is 4. The Bertz CT molecular complexity index is 605. The van der Waals surface area contributed by atoms with Gasteiger partial charge in [-0.05, 0) is 26.0 Å². The second-order valence-electron chi connectivity index (χ2n) is 4.18. The van der Waals surface area contributed by atoms with Crippen LogP contribution in [-0.2, 0) is 6.54 Å². The van der Waals surface area contributed by atoms with Crippen molar-refractivity contribution in [3.8, 4) is 0 Å². The summed E-state index contributed by atoms with van der Waals surface area (Å²) in [4.78, 5) is 0.270. The van der Waals surface area contributed by atoms with Gasteiger partial charge in [0.2, 0.25) is 0 Å². The molecule has 1 heterocycles. The Labute approximate surface area is 121 Å². The average molecular weight is 296 g/mol. The Hall–Kier alpha value is -1.59. The highest BCUT2D eigenvalue weighted by Crippen LogP contribution is 2.25. The number of nitrogens with two attached hydrogens (primary N) is 1. The van der Waals surface area contributed by atoms with E-state index in [4.69, 9.17) is 34.1 Å². The molecule has 100 valence electrons. The number of benzene rings is 1. The van der Waals surface area contributed by atoms with Crippen molar-refractivity contribution in [1.29, 1.82) is 0 Å². The fraction of sp³-hybridized carbons (Fsp3) is 0.231. The van der Waals surface area contributed by atoms with Gasteiger partial charge in [0.1, 0.15) is 10.7 Å². The highest BCUT2D eigenvalue weighted by atomic mass is 35.5. The van der Waals surface area contributed by atoms with Crippen molar-refractivity contribution < 1.29 is 4.52 Å². The van der Waals surface area contributed by atoms with E-state index in [2.05, 4.69) is 10.5 Å². The van der Waals surface area contributed by atoms with Crippen LogP contribution >= 0.6 is 23.8 Å². The summed E-state index contributed by atoms with van der Waals surface area (Å²) >= 11 is 11.1. The molecule has 0 bridgehead atoms. The first-order valence-electron chi connectivity index (χ1n) is 5.74. The average Bonchev–Trinajstić information content (AvgIpc) is 2.66. The van der Waals surface area contributed by atoms with Gasteiger partial charge in [-0.1, -0.05) is 35.0 Å². The van der Waals surface area contributed by atoms with E-state index in [1.807, 2.05) is 26.0 Å². The minimum atomic E-state index is 0.270. The summed E-state index contributed by atoms with van der Waals surface area (Å²) in [6.07, 6.45) is 0. The number of hydrogen-bond donors (Lipinski definition) is 2. The summed E-state index contributed by atoms with van der Waals surface area (Å²) in [5.41, 5.74) is 9.05. The van der Waals surface area contributed by atoms with Gasteiger partial charge >= 0.3 is 0 Å². The molecule has 0 atom stereocenters. The molecule has 0 radical (unpaired) electrons. The fourth-order valence-corrected chi connectivity index (χ4v) is 2.41. The molecule has 2 aromatic rings. The largest absolute Gasteiger partial charge is 0.389 e. The Morgan fingerprint density at radius 3 is 2.79 bits per heavy atom. The van der Waals surface area contributed by atoms with E-state index in [-0.39, 0.29) is 4.99 Å². The summed E-state index contributed by atoms with van der Waals surface area (Å²) < 4.78 is 5.12. The molecule has 2 rings (SSSR count). The SMILES string of the molecule is Cc1noc(C)c1CNc1cccc(Cl)c1C(N)=S. The lowest BCUT2D eigenvalue weighted by Crippen LogP contribution is -2.14. The molecular weight excluding hydrogens is 282 g/mol. The molecule has 0 aliphatic rings. The first kappa shape index (κ1) is 13.8. The van der Waals surface area contributed by atoms with Gasteiger partial charge in [0, 0.05) is 17.8 Å². The van der Waals surface area contributed by atoms with Gasteiger partial charge in [0.25, 0.3) is 0 Å². The van der Waals surface area contributed by atoms with Gasteiger partial charge < -0.3 is 15.6 Å². The highest BCUT2D eigenvalue weighted by Gasteiger charge is 2.12. The Balaban J connectivity index is 2.25. The molecule has 0 saturated carbocycles. The third kappa shape index (κ3) is 2.88. The molecule has 1 aromatic carbocycles. The molecule has 0 saturated heterocycles. The van der Waals surface area contributed by atoms with Gasteiger partial charge in [0.05, 0.1) is 16.3 Å². The summed E-state index contributed by atoms with van der Waals surface area (Å²) in [7, 11) is 0. The number of anilines is 1. The number of aromatic nitrogens is 1. The maximum atomic E-state index is 6.11. The van der Waals surface area contributed by atoms with Gasteiger partial charge in [-0.2, -0.15) is 0 Å². The quantitative estimate of drug-likeness (QED) is 0.848. The molecule has 6 heteroatoms. The summed E-state index contributed by atoms with van der Waals surface area (Å²) in [5, 5.41) is 7.72. The van der Waals surface area contributed by atoms with Gasteiger partial charge in [-0.15, -0.1) is 0 Å². The smallest absolute Gasteiger partial charge is 0.138 e. The van der Waals surface area contributed by atoms with Crippen molar-refractivity contribution in [2.75, 3.05) is 5.32 Å². The van der Waals surface area contributed by atoms with E-state index in [0.717, 1.165) is 22.7 Å². The Kier molecular flexibility index (Phi) is 4.07. The highest BCUT2D eigenvalue weighted by molar-refractivity contribution is 7.80. The van der Waals surface area contributed by atoms with Crippen LogP contribution in [0.2, 0.25) is 5.02 Å². The summed E-state index contributed by atoms with van der Waals surface area (Å²) in [5.74, 6) is 0.795. The Morgan fingerprint density at radius 2 is 2.21 bits per heavy atom. The van der Waals surface area contributed by atoms with Crippen LogP contribution in [0.1, 0.15) is 22.6 Å². The molecule has 0 amide bonds. The molecule has 4 nitrogen and oxygen atoms in total. The van der Waals surface area contributed by atoms with Crippen LogP contribution in [0.4, 0.5) is 5.69 Å². The maximum absolute atomic E-state index is 6.11. The van der Waals surface area contributed by atoms with Crippen molar-refractivity contribution >= 4 is 34.5 Å². The van der Waals surface area contributed by atoms with Crippen LogP contribution in [0, 0.1) is 13.8 Å². The van der Waals surface area contributed by atoms with E-state index in [1.165, 1.54) is 0 Å². The molecule has 0 aliphatic heterocycles. The number of aryl methyl sites for hydroxylation is 2. The first-order chi connectivity index (χ1) is 9.00. The lowest BCUT2D eigenvalue weighted by Gasteiger charge is -2.12. The third-order valence-electron chi connectivity index (χ3n) is 2.90. The first-order valence-corrected chi connectivity index (χ1v) is 6.53. The molecule has 0 aliphatic carbocycles. The maximum Gasteiger partial charge on any atom is 0.138 e. The number of nitrogens with zero attached hydrogens (tertiary/aromatic N) is 1. The third-order valence-corrected chi connectivity index (χ3v) is 3.42. The monoisotopic (exact) mass is 295 g/mol. The van der Waals surface area contributed by atoms with E-state index < -0.39 is 0 Å². The molecule has 19 heavy (non-hydrogen) atoms. The topological polar surface area (TPSA) is 64.1 Å². The lowest BCUT2D eigenvalue weighted by atomic mass is 10.1. The standard InChI is InChI=1S/C13H14ClN3OS/c1-7-9(8(2)18-17-7)6-16-11-5-3-4-10(14)12(11)13(15)19/h3-5,16H,6H2,1-2H3,(H2,15,19). The van der Waals surface area contributed by atoms with Crippen LogP contribution in [-0.4, -0.2) is 10.1 Å². The number of hydrogen-bond acceptors (Lipinski definition) is 4. The van der Waals surface area contributed by atoms with Crippen LogP contribution in [0.5, 0.6) is 0 Å². The van der Waals surface area contributed by atoms with E-state index in [1.54, 1.807) is 6.07 Å². The zero-order valence-corrected chi connectivity index (χ0v) is 12.2. The summed E-state index contributed by atoms with van der Waals surface area (Å²) in [6.45, 7) is 4.36. The van der Waals surface area contributed by atoms with Gasteiger partial charge in [-0.3, -0.25) is 0 Å². The van der Waals surface area contributed by atoms with E-state index in [9.17, 15) is 0 Å². The van der Waals surface area contributed by atoms with Crippen LogP contribution in [0.25, 0.3) is 0 Å². The van der Waals surface area contributed by atoms with Crippen molar-refractivity contribution in [3.63, 3.8) is 0 Å². The molecule has 0 unspecified atom stereocenters. The zero-order chi connectivity index (χ0) is 14.0. The molecule has 0 fully saturated rings. The Morgan fingerprint density at radius 1 is 1.47 bits per heavy atom. The van der Waals surface area contributed by atoms with Crippen LogP contribution in [0.15, 0.2) is 22.7 Å². The van der Waals surface area contributed by atoms with Crippen molar-refractivity contribution in [2.24, 2.45) is 5.73 Å². The molecule has 3 N–H and O–H groups in total. The predicted molar refractivity (Wildman–Crippen MR) is 80.6 cm³/mol. The van der Waals surface area contributed by atoms with Crippen molar-refractivity contribution in [3.05, 3.63) is 45.8 Å². The van der Waals surface area contributed by atoms with Gasteiger partial charge in [-0.25, -0.2) is 0 Å². The molecule has 1 aromatic heterocycles. The van der Waals surface area contributed by atoms with Gasteiger partial charge in [0.15, 0.2) is 0 Å². The number of thiocarbonyl (C=S) groups is 1. The second-order valence-corrected chi connectivity index (χ2v) is 5.03. The molecule has 0 spiro atoms. The summed E-state index contributed by atoms with van der Waals surface area (Å²) in [6, 6.07) is 5.50. The van der Waals surface area contributed by atoms with E-state index >= 15 is 0 Å². The number of halogens is 1. The van der Waals surface area contributed by atoms with Crippen molar-refractivity contribution in [1.82, 2.24) is 5.16 Å². The fourth-order valence-electron chi connectivity index (χ4n) is 1.86. The minimum absolute atomic E-state index is 0.270. The van der Waals surface area contributed by atoms with Crippen molar-refractivity contribution in [2.45, 2.75) is 20.4 Å². The lowest BCUT2D eigenvalue weighted by molar-refractivity contribution is 0.392. The van der Waals surface area contributed by atoms with Crippen LogP contribution in [0.3, 0.4) is 0 Å². The minimum Gasteiger partial charge on any atom is -0.389 e. The number of nitrogens with one attached hydrogen (secondary N) is 1. The van der Waals surface area contributed by atoms with Crippen LogP contribution < -0.4 is 11.1 Å². The normalized spacial score (nSPS) is 10.5. The predicted octanol–water partition coefficient (Wildman–Crippen LogP) is 3.19. The zero-order valence-electron chi connectivity index (χ0n) is 10.7. The second kappa shape index (κ2) is 5.59. The van der Waals surface area contributed by atoms with E-state index in [0.29, 0.717) is 17.1 Å².